The fourth-order valence-corrected chi connectivity index (χ4v) is 0.810. The van der Waals surface area contributed by atoms with E-state index >= 15 is 0 Å². The van der Waals surface area contributed by atoms with E-state index < -0.39 is 12.2 Å². The zero-order valence-electron chi connectivity index (χ0n) is 6.55. The fourth-order valence-electron chi connectivity index (χ4n) is 0.810. The molecule has 0 saturated heterocycles. The van der Waals surface area contributed by atoms with Crippen LogP contribution in [0.2, 0.25) is 0 Å². The van der Waals surface area contributed by atoms with Crippen molar-refractivity contribution in [3.05, 3.63) is 23.9 Å². The van der Waals surface area contributed by atoms with Crippen LogP contribution < -0.4 is 11.5 Å². The Hall–Kier alpha value is -1.30. The van der Waals surface area contributed by atoms with E-state index in [1.807, 2.05) is 0 Å². The minimum absolute atomic E-state index is 0.0252. The summed E-state index contributed by atoms with van der Waals surface area (Å²) in [6.45, 7) is 0. The first-order chi connectivity index (χ1) is 5.91. The Labute approximate surface area is 72.6 Å². The summed E-state index contributed by atoms with van der Waals surface area (Å²) in [7, 11) is 0. The van der Waals surface area contributed by atoms with Gasteiger partial charge in [-0.2, -0.15) is 13.2 Å². The molecule has 0 bridgehead atoms. The van der Waals surface area contributed by atoms with Crippen LogP contribution in [0.5, 0.6) is 0 Å². The molecule has 72 valence electrons. The van der Waals surface area contributed by atoms with Gasteiger partial charge < -0.3 is 11.5 Å². The predicted octanol–water partition coefficient (Wildman–Crippen LogP) is 1.23. The molecule has 3 nitrogen and oxygen atoms in total. The van der Waals surface area contributed by atoms with Crippen LogP contribution in [-0.2, 0) is 0 Å². The van der Waals surface area contributed by atoms with Gasteiger partial charge in [-0.3, -0.25) is 0 Å². The number of halogens is 3. The molecule has 0 radical (unpaired) electrons. The monoisotopic (exact) mass is 191 g/mol. The first kappa shape index (κ1) is 9.79. The van der Waals surface area contributed by atoms with Gasteiger partial charge >= 0.3 is 6.18 Å². The van der Waals surface area contributed by atoms with Gasteiger partial charge in [0.25, 0.3) is 0 Å². The maximum absolute atomic E-state index is 12.1. The number of nitrogens with zero attached hydrogens (tertiary/aromatic N) is 1. The van der Waals surface area contributed by atoms with Gasteiger partial charge in [-0.15, -0.1) is 0 Å². The normalized spacial score (nSPS) is 14.2. The molecule has 1 heterocycles. The first-order valence-corrected chi connectivity index (χ1v) is 3.46. The summed E-state index contributed by atoms with van der Waals surface area (Å²) < 4.78 is 36.2. The third-order valence-electron chi connectivity index (χ3n) is 1.46. The van der Waals surface area contributed by atoms with Gasteiger partial charge in [-0.25, -0.2) is 4.98 Å². The van der Waals surface area contributed by atoms with E-state index in [2.05, 4.69) is 4.98 Å². The van der Waals surface area contributed by atoms with Crippen molar-refractivity contribution in [1.82, 2.24) is 4.98 Å². The van der Waals surface area contributed by atoms with E-state index in [0.29, 0.717) is 0 Å². The molecule has 0 aliphatic carbocycles. The Bertz CT molecular complexity index is 297. The number of rotatable bonds is 1. The molecule has 1 rings (SSSR count). The molecule has 0 fully saturated rings. The largest absolute Gasteiger partial charge is 0.409 e. The lowest BCUT2D eigenvalue weighted by Crippen LogP contribution is -2.29. The highest BCUT2D eigenvalue weighted by molar-refractivity contribution is 5.30. The summed E-state index contributed by atoms with van der Waals surface area (Å²) in [4.78, 5) is 3.47. The first-order valence-electron chi connectivity index (χ1n) is 3.46. The Morgan fingerprint density at radius 1 is 1.31 bits per heavy atom. The van der Waals surface area contributed by atoms with Crippen molar-refractivity contribution in [1.29, 1.82) is 0 Å². The van der Waals surface area contributed by atoms with Crippen molar-refractivity contribution in [2.75, 3.05) is 5.73 Å². The van der Waals surface area contributed by atoms with Gasteiger partial charge in [0.1, 0.15) is 11.9 Å². The van der Waals surface area contributed by atoms with Crippen molar-refractivity contribution in [3.63, 3.8) is 0 Å². The number of aromatic nitrogens is 1. The topological polar surface area (TPSA) is 64.9 Å². The molecular weight excluding hydrogens is 183 g/mol. The summed E-state index contributed by atoms with van der Waals surface area (Å²) in [6, 6.07) is 1.89. The van der Waals surface area contributed by atoms with Crippen LogP contribution in [-0.4, -0.2) is 11.2 Å². The SMILES string of the molecule is Nc1cccc([C@H](N)C(F)(F)F)n1. The zero-order valence-corrected chi connectivity index (χ0v) is 6.55. The van der Waals surface area contributed by atoms with E-state index in [9.17, 15) is 13.2 Å². The maximum Gasteiger partial charge on any atom is 0.409 e. The lowest BCUT2D eigenvalue weighted by molar-refractivity contribution is -0.149. The van der Waals surface area contributed by atoms with Crippen LogP contribution in [0.25, 0.3) is 0 Å². The summed E-state index contributed by atoms with van der Waals surface area (Å²) >= 11 is 0. The van der Waals surface area contributed by atoms with Crippen LogP contribution in [0.15, 0.2) is 18.2 Å². The maximum atomic E-state index is 12.1. The zero-order chi connectivity index (χ0) is 10.1. The Kier molecular flexibility index (Phi) is 2.42. The van der Waals surface area contributed by atoms with Crippen molar-refractivity contribution in [2.45, 2.75) is 12.2 Å². The smallest absolute Gasteiger partial charge is 0.384 e. The summed E-state index contributed by atoms with van der Waals surface area (Å²) in [5, 5.41) is 0. The van der Waals surface area contributed by atoms with E-state index in [-0.39, 0.29) is 11.5 Å². The Morgan fingerprint density at radius 2 is 1.92 bits per heavy atom. The number of nitrogen functional groups attached to an aromatic ring is 1. The predicted molar refractivity (Wildman–Crippen MR) is 41.6 cm³/mol. The van der Waals surface area contributed by atoms with E-state index in [0.717, 1.165) is 0 Å². The lowest BCUT2D eigenvalue weighted by atomic mass is 10.2. The molecule has 0 aliphatic rings. The summed E-state index contributed by atoms with van der Waals surface area (Å²) in [5.74, 6) is 0.0252. The minimum Gasteiger partial charge on any atom is -0.384 e. The number of hydrogen-bond donors (Lipinski definition) is 2. The fraction of sp³-hybridized carbons (Fsp3) is 0.286. The third-order valence-corrected chi connectivity index (χ3v) is 1.46. The average Bonchev–Trinajstić information content (AvgIpc) is 2.01. The number of alkyl halides is 3. The van der Waals surface area contributed by atoms with Crippen molar-refractivity contribution >= 4 is 5.82 Å². The average molecular weight is 191 g/mol. The van der Waals surface area contributed by atoms with E-state index in [1.165, 1.54) is 18.2 Å². The quantitative estimate of drug-likeness (QED) is 0.701. The summed E-state index contributed by atoms with van der Waals surface area (Å²) in [6.07, 6.45) is -4.49. The van der Waals surface area contributed by atoms with Crippen LogP contribution in [0.1, 0.15) is 11.7 Å². The van der Waals surface area contributed by atoms with Crippen molar-refractivity contribution < 1.29 is 13.2 Å². The molecule has 4 N–H and O–H groups in total. The van der Waals surface area contributed by atoms with Crippen LogP contribution in [0.3, 0.4) is 0 Å². The number of anilines is 1. The molecule has 0 aromatic carbocycles. The van der Waals surface area contributed by atoms with E-state index in [4.69, 9.17) is 11.5 Å². The van der Waals surface area contributed by atoms with Crippen molar-refractivity contribution in [2.24, 2.45) is 5.73 Å². The molecule has 6 heteroatoms. The van der Waals surface area contributed by atoms with Gasteiger partial charge in [0.15, 0.2) is 0 Å². The summed E-state index contributed by atoms with van der Waals surface area (Å²) in [5.41, 5.74) is 9.83. The Balaban J connectivity index is 2.96. The molecule has 1 aromatic rings. The molecular formula is C7H8F3N3. The molecule has 0 saturated carbocycles. The Morgan fingerprint density at radius 3 is 2.38 bits per heavy atom. The van der Waals surface area contributed by atoms with Gasteiger partial charge in [0.2, 0.25) is 0 Å². The highest BCUT2D eigenvalue weighted by atomic mass is 19.4. The molecule has 0 unspecified atom stereocenters. The number of pyridine rings is 1. The molecule has 0 aliphatic heterocycles. The molecule has 13 heavy (non-hydrogen) atoms. The molecule has 0 spiro atoms. The number of hydrogen-bond acceptors (Lipinski definition) is 3. The van der Waals surface area contributed by atoms with Gasteiger partial charge in [0.05, 0.1) is 5.69 Å². The van der Waals surface area contributed by atoms with Crippen LogP contribution >= 0.6 is 0 Å². The van der Waals surface area contributed by atoms with Crippen LogP contribution in [0.4, 0.5) is 19.0 Å². The van der Waals surface area contributed by atoms with Gasteiger partial charge in [-0.1, -0.05) is 6.07 Å². The lowest BCUT2D eigenvalue weighted by Gasteiger charge is -2.14. The second kappa shape index (κ2) is 3.21. The van der Waals surface area contributed by atoms with Gasteiger partial charge in [0, 0.05) is 0 Å². The second-order valence-electron chi connectivity index (χ2n) is 2.51. The minimum atomic E-state index is -4.49. The van der Waals surface area contributed by atoms with Crippen LogP contribution in [0, 0.1) is 0 Å². The third kappa shape index (κ3) is 2.32. The molecule has 1 aromatic heterocycles. The van der Waals surface area contributed by atoms with Crippen molar-refractivity contribution in [3.8, 4) is 0 Å². The highest BCUT2D eigenvalue weighted by Gasteiger charge is 2.38. The molecule has 1 atom stereocenters. The highest BCUT2D eigenvalue weighted by Crippen LogP contribution is 2.29. The standard InChI is InChI=1S/C7H8F3N3/c8-7(9,10)6(12)4-2-1-3-5(11)13-4/h1-3,6H,12H2,(H2,11,13)/t6-/m0/s1. The van der Waals surface area contributed by atoms with Gasteiger partial charge in [-0.05, 0) is 12.1 Å². The second-order valence-corrected chi connectivity index (χ2v) is 2.51. The van der Waals surface area contributed by atoms with E-state index in [1.54, 1.807) is 0 Å². The molecule has 0 amide bonds. The number of nitrogens with two attached hydrogens (primary N) is 2.